The summed E-state index contributed by atoms with van der Waals surface area (Å²) >= 11 is 0. The highest BCUT2D eigenvalue weighted by molar-refractivity contribution is 7.87. The molecule has 1 aliphatic heterocycles. The quantitative estimate of drug-likeness (QED) is 0.652. The Morgan fingerprint density at radius 2 is 1.83 bits per heavy atom. The van der Waals surface area contributed by atoms with Crippen LogP contribution in [0.5, 0.6) is 0 Å². The van der Waals surface area contributed by atoms with E-state index in [0.29, 0.717) is 11.8 Å². The van der Waals surface area contributed by atoms with Gasteiger partial charge in [-0.15, -0.1) is 0 Å². The van der Waals surface area contributed by atoms with Crippen molar-refractivity contribution in [1.82, 2.24) is 0 Å². The van der Waals surface area contributed by atoms with Crippen molar-refractivity contribution in [2.45, 2.75) is 34.1 Å². The lowest BCUT2D eigenvalue weighted by molar-refractivity contribution is 0.278. The molecule has 0 saturated carbocycles. The van der Waals surface area contributed by atoms with Crippen LogP contribution in [-0.4, -0.2) is 17.8 Å². The molecule has 0 aliphatic carbocycles. The minimum Gasteiger partial charge on any atom is -0.285 e. The van der Waals surface area contributed by atoms with E-state index >= 15 is 0 Å². The lowest BCUT2D eigenvalue weighted by atomic mass is 9.74. The molecule has 1 heterocycles. The highest BCUT2D eigenvalue weighted by Gasteiger charge is 2.35. The maximum absolute atomic E-state index is 5.07. The first-order valence-corrected chi connectivity index (χ1v) is 10.4. The second-order valence-corrected chi connectivity index (χ2v) is 9.31. The summed E-state index contributed by atoms with van der Waals surface area (Å²) in [6.07, 6.45) is 3.45. The van der Waals surface area contributed by atoms with Gasteiger partial charge in [0.2, 0.25) is 0 Å². The third kappa shape index (κ3) is 3.77. The molecule has 0 amide bonds. The summed E-state index contributed by atoms with van der Waals surface area (Å²) in [4.78, 5) is 4.74. The minimum atomic E-state index is -0.0179. The number of rotatable bonds is 4. The first-order valence-electron chi connectivity index (χ1n) is 8.88. The van der Waals surface area contributed by atoms with Crippen molar-refractivity contribution in [2.24, 2.45) is 26.6 Å². The Morgan fingerprint density at radius 3 is 2.54 bits per heavy atom. The molecule has 0 bridgehead atoms. The molecule has 3 rings (SSSR count). The van der Waals surface area contributed by atoms with E-state index in [1.165, 1.54) is 17.2 Å². The molecular weight excluding hydrogens is 312 g/mol. The molecule has 3 heteroatoms. The van der Waals surface area contributed by atoms with Gasteiger partial charge >= 0.3 is 0 Å². The van der Waals surface area contributed by atoms with Gasteiger partial charge in [0.1, 0.15) is 0 Å². The van der Waals surface area contributed by atoms with Crippen molar-refractivity contribution in [3.8, 4) is 0 Å². The van der Waals surface area contributed by atoms with E-state index in [2.05, 4.69) is 76.4 Å². The first kappa shape index (κ1) is 17.3. The minimum absolute atomic E-state index is 0.0179. The van der Waals surface area contributed by atoms with Gasteiger partial charge < -0.3 is 0 Å². The van der Waals surface area contributed by atoms with Gasteiger partial charge in [-0.25, -0.2) is 4.36 Å². The summed E-state index contributed by atoms with van der Waals surface area (Å²) in [5, 5.41) is 2.54. The molecule has 0 fully saturated rings. The van der Waals surface area contributed by atoms with Crippen LogP contribution < -0.4 is 0 Å². The lowest BCUT2D eigenvalue weighted by Gasteiger charge is -2.38. The van der Waals surface area contributed by atoms with Crippen LogP contribution in [0.15, 0.2) is 51.8 Å². The fourth-order valence-electron chi connectivity index (χ4n) is 3.57. The van der Waals surface area contributed by atoms with Crippen LogP contribution >= 0.6 is 0 Å². The number of hydrogen-bond acceptors (Lipinski definition) is 2. The Kier molecular flexibility index (Phi) is 5.19. The van der Waals surface area contributed by atoms with Crippen molar-refractivity contribution in [1.29, 1.82) is 0 Å². The van der Waals surface area contributed by atoms with Crippen LogP contribution in [0.3, 0.4) is 0 Å². The average Bonchev–Trinajstić information content (AvgIpc) is 2.54. The summed E-state index contributed by atoms with van der Waals surface area (Å²) in [7, 11) is -0.0179. The summed E-state index contributed by atoms with van der Waals surface area (Å²) in [5.41, 5.74) is 1.30. The number of benzene rings is 2. The predicted octanol–water partition coefficient (Wildman–Crippen LogP) is 6.00. The molecule has 2 unspecified atom stereocenters. The van der Waals surface area contributed by atoms with E-state index in [4.69, 9.17) is 9.36 Å². The van der Waals surface area contributed by atoms with Crippen molar-refractivity contribution in [3.05, 3.63) is 42.5 Å². The predicted molar refractivity (Wildman–Crippen MR) is 108 cm³/mol. The molecular formula is C21H28N2S. The fraction of sp³-hybridized carbons (Fsp3) is 0.476. The summed E-state index contributed by atoms with van der Waals surface area (Å²) in [6.45, 7) is 9.28. The third-order valence-electron chi connectivity index (χ3n) is 4.91. The second-order valence-electron chi connectivity index (χ2n) is 7.66. The molecule has 0 N–H and O–H groups in total. The summed E-state index contributed by atoms with van der Waals surface area (Å²) in [6, 6.07) is 15.0. The van der Waals surface area contributed by atoms with Crippen LogP contribution in [0.2, 0.25) is 0 Å². The molecule has 24 heavy (non-hydrogen) atoms. The van der Waals surface area contributed by atoms with Crippen LogP contribution in [0.25, 0.3) is 10.8 Å². The van der Waals surface area contributed by atoms with E-state index in [0.717, 1.165) is 17.3 Å². The monoisotopic (exact) mass is 340 g/mol. The average molecular weight is 341 g/mol. The highest BCUT2D eigenvalue weighted by Crippen LogP contribution is 2.37. The highest BCUT2D eigenvalue weighted by atomic mass is 32.2. The van der Waals surface area contributed by atoms with Gasteiger partial charge in [-0.3, -0.25) is 4.99 Å². The smallest absolute Gasteiger partial charge is 0.0950 e. The van der Waals surface area contributed by atoms with Crippen LogP contribution in [-0.2, 0) is 10.7 Å². The van der Waals surface area contributed by atoms with Gasteiger partial charge in [-0.1, -0.05) is 68.7 Å². The molecule has 0 spiro atoms. The Hall–Kier alpha value is -1.48. The molecule has 0 aromatic heterocycles. The van der Waals surface area contributed by atoms with Crippen molar-refractivity contribution in [2.75, 3.05) is 11.6 Å². The van der Waals surface area contributed by atoms with E-state index in [1.807, 2.05) is 0 Å². The van der Waals surface area contributed by atoms with Gasteiger partial charge in [0.15, 0.2) is 0 Å². The molecule has 0 radical (unpaired) electrons. The largest absolute Gasteiger partial charge is 0.285 e. The maximum atomic E-state index is 5.07. The number of hydrogen-bond donors (Lipinski definition) is 0. The van der Waals surface area contributed by atoms with Gasteiger partial charge in [-0.2, -0.15) is 0 Å². The molecule has 0 saturated heterocycles. The molecule has 2 aromatic carbocycles. The SMILES string of the molecule is CC(C)CC1(C(C)C)C=NCS(=Nc2ccc3ccccc3c2)C1. The standard InChI is InChI=1S/C21H28N2S/c1-16(2)12-21(17(3)4)13-22-15-24(14-21)23-20-10-9-18-7-5-6-8-19(18)11-20/h5-11,13,16-17H,12,14-15H2,1-4H3. The van der Waals surface area contributed by atoms with Gasteiger partial charge in [0.05, 0.1) is 11.6 Å². The van der Waals surface area contributed by atoms with Crippen molar-refractivity contribution < 1.29 is 0 Å². The topological polar surface area (TPSA) is 24.7 Å². The molecule has 2 aromatic rings. The summed E-state index contributed by atoms with van der Waals surface area (Å²) in [5.74, 6) is 3.27. The third-order valence-corrected chi connectivity index (χ3v) is 6.70. The molecule has 2 nitrogen and oxygen atoms in total. The zero-order valence-corrected chi connectivity index (χ0v) is 16.0. The summed E-state index contributed by atoms with van der Waals surface area (Å²) < 4.78 is 5.07. The van der Waals surface area contributed by atoms with Gasteiger partial charge in [0.25, 0.3) is 0 Å². The van der Waals surface area contributed by atoms with E-state index in [-0.39, 0.29) is 16.1 Å². The zero-order chi connectivity index (χ0) is 17.2. The van der Waals surface area contributed by atoms with E-state index < -0.39 is 0 Å². The van der Waals surface area contributed by atoms with Crippen molar-refractivity contribution in [3.63, 3.8) is 0 Å². The van der Waals surface area contributed by atoms with Gasteiger partial charge in [0, 0.05) is 17.4 Å². The van der Waals surface area contributed by atoms with Crippen LogP contribution in [0, 0.1) is 17.3 Å². The molecule has 1 aliphatic rings. The Labute approximate surface area is 148 Å². The Morgan fingerprint density at radius 1 is 1.08 bits per heavy atom. The molecule has 128 valence electrons. The molecule has 2 atom stereocenters. The first-order chi connectivity index (χ1) is 11.5. The van der Waals surface area contributed by atoms with Crippen molar-refractivity contribution >= 4 is 33.4 Å². The number of fused-ring (bicyclic) bond motifs is 1. The number of nitrogens with zero attached hydrogens (tertiary/aromatic N) is 2. The van der Waals surface area contributed by atoms with Crippen LogP contribution in [0.1, 0.15) is 34.1 Å². The number of aliphatic imine (C=N–C) groups is 1. The van der Waals surface area contributed by atoms with E-state index in [9.17, 15) is 0 Å². The maximum Gasteiger partial charge on any atom is 0.0950 e. The Bertz CT molecular complexity index is 776. The van der Waals surface area contributed by atoms with Crippen LogP contribution in [0.4, 0.5) is 5.69 Å². The zero-order valence-electron chi connectivity index (χ0n) is 15.2. The Balaban J connectivity index is 1.90. The van der Waals surface area contributed by atoms with E-state index in [1.54, 1.807) is 0 Å². The van der Waals surface area contributed by atoms with Gasteiger partial charge in [-0.05, 0) is 41.2 Å². The second kappa shape index (κ2) is 7.18. The fourth-order valence-corrected chi connectivity index (χ4v) is 5.58. The lowest BCUT2D eigenvalue weighted by Crippen LogP contribution is -2.39. The normalized spacial score (nSPS) is 24.3.